The maximum atomic E-state index is 12.6. The van der Waals surface area contributed by atoms with E-state index in [4.69, 9.17) is 9.47 Å². The number of rotatable bonds is 6. The summed E-state index contributed by atoms with van der Waals surface area (Å²) in [7, 11) is 0. The third-order valence-electron chi connectivity index (χ3n) is 3.92. The molecule has 1 aliphatic heterocycles. The average Bonchev–Trinajstić information content (AvgIpc) is 2.41. The van der Waals surface area contributed by atoms with Crippen LogP contribution in [0.3, 0.4) is 0 Å². The third-order valence-corrected chi connectivity index (χ3v) is 3.92. The standard InChI is InChI=1S/C16H19F3O3/c1-2-22-14(20)4-3-9-15(10-21-11-15)12-5-7-13(8-6-12)16(17,18)19/h5-8H,2-4,9-11H2,1H3. The van der Waals surface area contributed by atoms with Gasteiger partial charge in [0.05, 0.1) is 25.4 Å². The second kappa shape index (κ2) is 6.69. The summed E-state index contributed by atoms with van der Waals surface area (Å²) in [4.78, 5) is 11.3. The molecule has 1 aromatic rings. The van der Waals surface area contributed by atoms with E-state index in [2.05, 4.69) is 0 Å². The minimum absolute atomic E-state index is 0.245. The molecule has 0 radical (unpaired) electrons. The van der Waals surface area contributed by atoms with Crippen LogP contribution in [-0.4, -0.2) is 25.8 Å². The molecular weight excluding hydrogens is 297 g/mol. The molecule has 2 rings (SSSR count). The normalized spacial score (nSPS) is 16.9. The fourth-order valence-corrected chi connectivity index (χ4v) is 2.62. The molecule has 1 aliphatic rings. The largest absolute Gasteiger partial charge is 0.466 e. The Kier molecular flexibility index (Phi) is 5.11. The lowest BCUT2D eigenvalue weighted by Gasteiger charge is -2.42. The first-order chi connectivity index (χ1) is 10.4. The van der Waals surface area contributed by atoms with Crippen molar-refractivity contribution < 1.29 is 27.4 Å². The Balaban J connectivity index is 1.99. The molecule has 6 heteroatoms. The summed E-state index contributed by atoms with van der Waals surface area (Å²) in [6.07, 6.45) is -2.69. The summed E-state index contributed by atoms with van der Waals surface area (Å²) in [5.41, 5.74) is -0.106. The van der Waals surface area contributed by atoms with Crippen molar-refractivity contribution in [1.82, 2.24) is 0 Å². The monoisotopic (exact) mass is 316 g/mol. The maximum Gasteiger partial charge on any atom is 0.416 e. The van der Waals surface area contributed by atoms with E-state index in [1.807, 2.05) is 0 Å². The smallest absolute Gasteiger partial charge is 0.416 e. The van der Waals surface area contributed by atoms with Crippen LogP contribution in [-0.2, 0) is 25.9 Å². The van der Waals surface area contributed by atoms with Gasteiger partial charge in [0.15, 0.2) is 0 Å². The van der Waals surface area contributed by atoms with E-state index in [-0.39, 0.29) is 11.4 Å². The lowest BCUT2D eigenvalue weighted by molar-refractivity contribution is -0.143. The molecule has 1 heterocycles. The number of hydrogen-bond donors (Lipinski definition) is 0. The highest BCUT2D eigenvalue weighted by molar-refractivity contribution is 5.69. The summed E-state index contributed by atoms with van der Waals surface area (Å²) in [5.74, 6) is -0.245. The molecule has 1 saturated heterocycles. The van der Waals surface area contributed by atoms with Crippen molar-refractivity contribution in [1.29, 1.82) is 0 Å². The van der Waals surface area contributed by atoms with Gasteiger partial charge in [-0.05, 0) is 37.5 Å². The summed E-state index contributed by atoms with van der Waals surface area (Å²) in [6, 6.07) is 5.22. The van der Waals surface area contributed by atoms with E-state index >= 15 is 0 Å². The van der Waals surface area contributed by atoms with Gasteiger partial charge in [0.2, 0.25) is 0 Å². The van der Waals surface area contributed by atoms with Crippen molar-refractivity contribution >= 4 is 5.97 Å². The predicted octanol–water partition coefficient (Wildman–Crippen LogP) is 3.71. The zero-order valence-corrected chi connectivity index (χ0v) is 12.4. The number of carbonyl (C=O) groups is 1. The molecule has 0 amide bonds. The number of ether oxygens (including phenoxy) is 2. The van der Waals surface area contributed by atoms with Crippen molar-refractivity contribution in [3.05, 3.63) is 35.4 Å². The second-order valence-electron chi connectivity index (χ2n) is 5.51. The van der Waals surface area contributed by atoms with Gasteiger partial charge in [-0.3, -0.25) is 4.79 Å². The highest BCUT2D eigenvalue weighted by Gasteiger charge is 2.40. The molecule has 3 nitrogen and oxygen atoms in total. The fourth-order valence-electron chi connectivity index (χ4n) is 2.62. The Morgan fingerprint density at radius 1 is 1.27 bits per heavy atom. The number of hydrogen-bond acceptors (Lipinski definition) is 3. The molecule has 0 saturated carbocycles. The van der Waals surface area contributed by atoms with Gasteiger partial charge in [-0.25, -0.2) is 0 Å². The summed E-state index contributed by atoms with van der Waals surface area (Å²) < 4.78 is 47.9. The zero-order valence-electron chi connectivity index (χ0n) is 12.4. The topological polar surface area (TPSA) is 35.5 Å². The van der Waals surface area contributed by atoms with Crippen LogP contribution in [0.2, 0.25) is 0 Å². The minimum Gasteiger partial charge on any atom is -0.466 e. The fraction of sp³-hybridized carbons (Fsp3) is 0.562. The van der Waals surface area contributed by atoms with Crippen LogP contribution in [0.5, 0.6) is 0 Å². The molecule has 1 fully saturated rings. The molecule has 22 heavy (non-hydrogen) atoms. The lowest BCUT2D eigenvalue weighted by atomic mass is 9.74. The van der Waals surface area contributed by atoms with Crippen molar-refractivity contribution in [2.45, 2.75) is 37.8 Å². The first kappa shape index (κ1) is 16.8. The summed E-state index contributed by atoms with van der Waals surface area (Å²) in [6.45, 7) is 3.05. The Morgan fingerprint density at radius 2 is 1.91 bits per heavy atom. The Bertz CT molecular complexity index is 504. The van der Waals surface area contributed by atoms with Gasteiger partial charge < -0.3 is 9.47 Å². The van der Waals surface area contributed by atoms with Gasteiger partial charge >= 0.3 is 12.1 Å². The predicted molar refractivity (Wildman–Crippen MR) is 74.4 cm³/mol. The first-order valence-corrected chi connectivity index (χ1v) is 7.28. The van der Waals surface area contributed by atoms with Crippen molar-refractivity contribution in [2.24, 2.45) is 0 Å². The van der Waals surface area contributed by atoms with Gasteiger partial charge in [-0.15, -0.1) is 0 Å². The molecular formula is C16H19F3O3. The molecule has 0 N–H and O–H groups in total. The third kappa shape index (κ3) is 3.80. The van der Waals surface area contributed by atoms with E-state index in [0.29, 0.717) is 39.1 Å². The number of carbonyl (C=O) groups excluding carboxylic acids is 1. The number of esters is 1. The van der Waals surface area contributed by atoms with Crippen molar-refractivity contribution in [3.8, 4) is 0 Å². The molecule has 0 aliphatic carbocycles. The quantitative estimate of drug-likeness (QED) is 0.751. The highest BCUT2D eigenvalue weighted by Crippen LogP contribution is 2.38. The van der Waals surface area contributed by atoms with Crippen LogP contribution in [0.15, 0.2) is 24.3 Å². The van der Waals surface area contributed by atoms with Crippen LogP contribution in [0, 0.1) is 0 Å². The van der Waals surface area contributed by atoms with E-state index < -0.39 is 11.7 Å². The SMILES string of the molecule is CCOC(=O)CCCC1(c2ccc(C(F)(F)F)cc2)COC1. The van der Waals surface area contributed by atoms with Crippen molar-refractivity contribution in [3.63, 3.8) is 0 Å². The van der Waals surface area contributed by atoms with Crippen LogP contribution < -0.4 is 0 Å². The first-order valence-electron chi connectivity index (χ1n) is 7.28. The second-order valence-corrected chi connectivity index (χ2v) is 5.51. The van der Waals surface area contributed by atoms with Gasteiger partial charge in [0.1, 0.15) is 0 Å². The number of halogens is 3. The number of alkyl halides is 3. The molecule has 122 valence electrons. The molecule has 0 aromatic heterocycles. The van der Waals surface area contributed by atoms with E-state index in [0.717, 1.165) is 17.7 Å². The minimum atomic E-state index is -4.33. The molecule has 0 atom stereocenters. The lowest BCUT2D eigenvalue weighted by Crippen LogP contribution is -2.46. The summed E-state index contributed by atoms with van der Waals surface area (Å²) >= 11 is 0. The molecule has 1 aromatic carbocycles. The van der Waals surface area contributed by atoms with Crippen molar-refractivity contribution in [2.75, 3.05) is 19.8 Å². The van der Waals surface area contributed by atoms with E-state index in [1.54, 1.807) is 6.92 Å². The summed E-state index contributed by atoms with van der Waals surface area (Å²) in [5, 5.41) is 0. The Morgan fingerprint density at radius 3 is 2.36 bits per heavy atom. The maximum absolute atomic E-state index is 12.6. The van der Waals surface area contributed by atoms with Crippen LogP contribution >= 0.6 is 0 Å². The van der Waals surface area contributed by atoms with Gasteiger partial charge in [-0.1, -0.05) is 12.1 Å². The zero-order chi connectivity index (χ0) is 16.2. The average molecular weight is 316 g/mol. The van der Waals surface area contributed by atoms with Crippen LogP contribution in [0.4, 0.5) is 13.2 Å². The molecule has 0 unspecified atom stereocenters. The molecule has 0 bridgehead atoms. The highest BCUT2D eigenvalue weighted by atomic mass is 19.4. The van der Waals surface area contributed by atoms with Crippen LogP contribution in [0.25, 0.3) is 0 Å². The van der Waals surface area contributed by atoms with E-state index in [1.165, 1.54) is 12.1 Å². The van der Waals surface area contributed by atoms with Crippen LogP contribution in [0.1, 0.15) is 37.3 Å². The Hall–Kier alpha value is -1.56. The van der Waals surface area contributed by atoms with E-state index in [9.17, 15) is 18.0 Å². The van der Waals surface area contributed by atoms with Gasteiger partial charge in [0, 0.05) is 11.8 Å². The van der Waals surface area contributed by atoms with Gasteiger partial charge in [-0.2, -0.15) is 13.2 Å². The Labute approximate surface area is 127 Å². The van der Waals surface area contributed by atoms with Gasteiger partial charge in [0.25, 0.3) is 0 Å². The molecule has 0 spiro atoms. The number of benzene rings is 1.